The lowest BCUT2D eigenvalue weighted by Crippen LogP contribution is -2.60. The number of carbonyl (C=O) groups is 4. The van der Waals surface area contributed by atoms with Gasteiger partial charge in [-0.1, -0.05) is 0 Å². The topological polar surface area (TPSA) is 181 Å². The van der Waals surface area contributed by atoms with Crippen LogP contribution in [0.1, 0.15) is 78.7 Å². The second-order valence-electron chi connectivity index (χ2n) is 16.6. The lowest BCUT2D eigenvalue weighted by atomic mass is 9.85. The molecule has 0 unspecified atom stereocenters. The third-order valence-electron chi connectivity index (χ3n) is 12.3. The number of carbonyl (C=O) groups excluding carboxylic acids is 4. The molecule has 4 amide bonds. The number of imide groups is 1. The van der Waals surface area contributed by atoms with Crippen LogP contribution in [0.2, 0.25) is 0 Å². The van der Waals surface area contributed by atoms with Crippen LogP contribution in [0.3, 0.4) is 0 Å². The highest BCUT2D eigenvalue weighted by Crippen LogP contribution is 2.39. The lowest BCUT2D eigenvalue weighted by Gasteiger charge is -2.48. The number of fused-ring (bicyclic) bond motifs is 2. The summed E-state index contributed by atoms with van der Waals surface area (Å²) < 4.78 is 33.6. The minimum atomic E-state index is -1.28. The Balaban J connectivity index is 0.784. The number of anilines is 2. The summed E-state index contributed by atoms with van der Waals surface area (Å²) in [6.07, 6.45) is 5.20. The number of halogens is 2. The third kappa shape index (κ3) is 7.05. The average Bonchev–Trinajstić information content (AvgIpc) is 3.77. The van der Waals surface area contributed by atoms with Crippen molar-refractivity contribution >= 4 is 51.4 Å². The number of aliphatic hydroxyl groups is 1. The van der Waals surface area contributed by atoms with E-state index in [1.165, 1.54) is 22.8 Å². The number of hydrogen-bond donors (Lipinski definition) is 3. The van der Waals surface area contributed by atoms with Gasteiger partial charge in [0.25, 0.3) is 5.91 Å². The number of nitrogens with zero attached hydrogens (tertiary/aromatic N) is 8. The highest BCUT2D eigenvalue weighted by molar-refractivity contribution is 6.05. The summed E-state index contributed by atoms with van der Waals surface area (Å²) in [5.41, 5.74) is 1.64. The maximum Gasteiger partial charge on any atom is 0.274 e. The second-order valence-corrected chi connectivity index (χ2v) is 16.6. The summed E-state index contributed by atoms with van der Waals surface area (Å²) >= 11 is 0. The molecule has 1 atom stereocenters. The van der Waals surface area contributed by atoms with Crippen molar-refractivity contribution in [2.75, 3.05) is 49.5 Å². The number of benzene rings is 2. The molecule has 0 radical (unpaired) electrons. The van der Waals surface area contributed by atoms with Crippen LogP contribution >= 0.6 is 0 Å². The first-order chi connectivity index (χ1) is 28.2. The van der Waals surface area contributed by atoms with E-state index in [1.807, 2.05) is 27.9 Å². The van der Waals surface area contributed by atoms with Gasteiger partial charge in [-0.3, -0.25) is 34.1 Å². The number of hydrogen-bond acceptors (Lipinski definition) is 10. The number of piperazine rings is 1. The molecule has 0 spiro atoms. The lowest BCUT2D eigenvalue weighted by molar-refractivity contribution is -0.139. The molecule has 59 heavy (non-hydrogen) atoms. The normalized spacial score (nSPS) is 21.6. The summed E-state index contributed by atoms with van der Waals surface area (Å²) in [5.74, 6) is -4.56. The molecule has 5 aromatic rings. The second kappa shape index (κ2) is 14.5. The Kier molecular flexibility index (Phi) is 9.43. The average molecular weight is 805 g/mol. The van der Waals surface area contributed by atoms with Crippen molar-refractivity contribution in [3.05, 3.63) is 88.9 Å². The summed E-state index contributed by atoms with van der Waals surface area (Å²) in [5, 5.41) is 35.3. The van der Waals surface area contributed by atoms with Crippen molar-refractivity contribution in [3.63, 3.8) is 0 Å². The molecule has 304 valence electrons. The van der Waals surface area contributed by atoms with E-state index in [-0.39, 0.29) is 42.0 Å². The molecule has 3 N–H and O–H groups in total. The van der Waals surface area contributed by atoms with Gasteiger partial charge in [-0.05, 0) is 75.6 Å². The monoisotopic (exact) mass is 804 g/mol. The molecule has 1 aliphatic carbocycles. The molecule has 3 aliphatic heterocycles. The number of aromatic nitrogens is 4. The number of amides is 4. The van der Waals surface area contributed by atoms with E-state index in [9.17, 15) is 29.5 Å². The van der Waals surface area contributed by atoms with Crippen LogP contribution in [0.15, 0.2) is 54.9 Å². The Bertz CT molecular complexity index is 2570. The van der Waals surface area contributed by atoms with Crippen LogP contribution in [0.25, 0.3) is 16.4 Å². The Hall–Kier alpha value is -6.25. The van der Waals surface area contributed by atoms with E-state index < -0.39 is 40.9 Å². The van der Waals surface area contributed by atoms with Crippen LogP contribution in [-0.2, 0) is 20.0 Å². The van der Waals surface area contributed by atoms with E-state index in [1.54, 1.807) is 43.0 Å². The zero-order valence-corrected chi connectivity index (χ0v) is 32.5. The number of nitriles is 1. The molecule has 4 aliphatic rings. The molecule has 15 nitrogen and oxygen atoms in total. The molecule has 2 aromatic carbocycles. The van der Waals surface area contributed by atoms with Gasteiger partial charge in [-0.25, -0.2) is 13.3 Å². The quantitative estimate of drug-likeness (QED) is 0.195. The van der Waals surface area contributed by atoms with Gasteiger partial charge in [-0.2, -0.15) is 15.5 Å². The first-order valence-corrected chi connectivity index (χ1v) is 19.8. The maximum absolute atomic E-state index is 15.1. The summed E-state index contributed by atoms with van der Waals surface area (Å²) in [7, 11) is 0. The largest absolute Gasteiger partial charge is 0.386 e. The van der Waals surface area contributed by atoms with Crippen molar-refractivity contribution in [2.45, 2.75) is 63.1 Å². The van der Waals surface area contributed by atoms with Gasteiger partial charge < -0.3 is 20.2 Å². The smallest absolute Gasteiger partial charge is 0.274 e. The molecule has 1 saturated carbocycles. The molecule has 3 aromatic heterocycles. The van der Waals surface area contributed by atoms with Gasteiger partial charge in [0, 0.05) is 85.8 Å². The van der Waals surface area contributed by atoms with E-state index in [0.717, 1.165) is 31.3 Å². The standard InChI is InChI=1S/C42H42F2N10O5/c1-42(2,59)31-17-34-24(12-35(31)47-40(57)36-5-3-26-11-23(18-45)19-46-54(26)36)22-53(49-34)29-13-27(14-29)50-7-9-51(10-8-50)41(58)25-20-52(21-25)28-15-32(43)38(33(44)16-28)30-4-6-37(55)48-39(30)56/h3,5,11-12,15-17,19,22,25,27,29-30,59H,4,6-10,13-14,20-21H2,1-2H3,(H,47,57)(H,48,55,56)/t27?,29?,30-/m1/s1. The van der Waals surface area contributed by atoms with Gasteiger partial charge in [0.1, 0.15) is 23.4 Å². The predicted octanol–water partition coefficient (Wildman–Crippen LogP) is 3.82. The number of rotatable bonds is 8. The number of piperidine rings is 1. The van der Waals surface area contributed by atoms with Crippen LogP contribution in [-0.4, -0.2) is 103 Å². The van der Waals surface area contributed by atoms with Crippen molar-refractivity contribution in [1.82, 2.24) is 34.5 Å². The molecular weight excluding hydrogens is 763 g/mol. The van der Waals surface area contributed by atoms with Crippen LogP contribution < -0.4 is 15.5 Å². The Morgan fingerprint density at radius 1 is 1.00 bits per heavy atom. The number of nitrogens with one attached hydrogen (secondary N) is 2. The first-order valence-electron chi connectivity index (χ1n) is 19.8. The van der Waals surface area contributed by atoms with E-state index >= 15 is 8.78 Å². The van der Waals surface area contributed by atoms with Crippen molar-refractivity contribution in [1.29, 1.82) is 5.26 Å². The van der Waals surface area contributed by atoms with Crippen molar-refractivity contribution in [2.24, 2.45) is 5.92 Å². The third-order valence-corrected chi connectivity index (χ3v) is 12.3. The fourth-order valence-corrected chi connectivity index (χ4v) is 8.85. The van der Waals surface area contributed by atoms with Crippen LogP contribution in [0, 0.1) is 28.9 Å². The first kappa shape index (κ1) is 38.3. The Labute approximate surface area is 337 Å². The Morgan fingerprint density at radius 2 is 1.73 bits per heavy atom. The molecule has 0 bridgehead atoms. The Morgan fingerprint density at radius 3 is 2.41 bits per heavy atom. The molecule has 17 heteroatoms. The zero-order valence-electron chi connectivity index (χ0n) is 32.5. The summed E-state index contributed by atoms with van der Waals surface area (Å²) in [6.45, 7) is 6.66. The van der Waals surface area contributed by atoms with Gasteiger partial charge in [0.15, 0.2) is 0 Å². The van der Waals surface area contributed by atoms with E-state index in [4.69, 9.17) is 5.10 Å². The molecule has 4 fully saturated rings. The molecular formula is C42H42F2N10O5. The highest BCUT2D eigenvalue weighted by atomic mass is 19.1. The molecule has 6 heterocycles. The molecule has 9 rings (SSSR count). The van der Waals surface area contributed by atoms with Gasteiger partial charge >= 0.3 is 0 Å². The summed E-state index contributed by atoms with van der Waals surface area (Å²) in [6, 6.07) is 13.6. The van der Waals surface area contributed by atoms with E-state index in [2.05, 4.69) is 20.6 Å². The SMILES string of the molecule is CC(C)(O)c1cc2nn(C3CC(N4CCN(C(=O)C5CN(c6cc(F)c([C@H]7CCC(=O)NC7=O)c(F)c6)C5)CC4)C3)cc2cc1NC(=O)c1ccc2cc(C#N)cnn12. The van der Waals surface area contributed by atoms with Gasteiger partial charge in [0.2, 0.25) is 17.7 Å². The fourth-order valence-electron chi connectivity index (χ4n) is 8.85. The van der Waals surface area contributed by atoms with Gasteiger partial charge in [-0.15, -0.1) is 0 Å². The predicted molar refractivity (Wildman–Crippen MR) is 210 cm³/mol. The maximum atomic E-state index is 15.1. The van der Waals surface area contributed by atoms with Gasteiger partial charge in [0.05, 0.1) is 46.3 Å². The van der Waals surface area contributed by atoms with Crippen molar-refractivity contribution < 1.29 is 33.1 Å². The van der Waals surface area contributed by atoms with Crippen molar-refractivity contribution in [3.8, 4) is 6.07 Å². The fraction of sp³-hybridized carbons (Fsp3) is 0.405. The minimum Gasteiger partial charge on any atom is -0.386 e. The minimum absolute atomic E-state index is 0.0184. The molecule has 3 saturated heterocycles. The van der Waals surface area contributed by atoms with E-state index in [0.29, 0.717) is 65.8 Å². The highest BCUT2D eigenvalue weighted by Gasteiger charge is 2.41. The zero-order chi connectivity index (χ0) is 41.3. The van der Waals surface area contributed by atoms with Crippen LogP contribution in [0.4, 0.5) is 20.2 Å². The summed E-state index contributed by atoms with van der Waals surface area (Å²) in [4.78, 5) is 56.6. The van der Waals surface area contributed by atoms with Crippen LogP contribution in [0.5, 0.6) is 0 Å².